The standard InChI is InChI=1S/C14H22F3NO3/c1-12(2,3)21-11(20)18-13(7-5-4-6-8-13)9-10(19)14(15,16)17/h4-9H2,1-3H3,(H,18,20). The van der Waals surface area contributed by atoms with Gasteiger partial charge in [0.25, 0.3) is 0 Å². The number of alkyl halides is 3. The number of hydrogen-bond acceptors (Lipinski definition) is 3. The van der Waals surface area contributed by atoms with Gasteiger partial charge in [0, 0.05) is 6.42 Å². The van der Waals surface area contributed by atoms with Gasteiger partial charge in [0.15, 0.2) is 0 Å². The van der Waals surface area contributed by atoms with Crippen LogP contribution in [0.1, 0.15) is 59.3 Å². The van der Waals surface area contributed by atoms with E-state index in [1.54, 1.807) is 20.8 Å². The maximum atomic E-state index is 12.5. The molecule has 0 aromatic carbocycles. The van der Waals surface area contributed by atoms with Crippen molar-refractivity contribution in [3.63, 3.8) is 0 Å². The fraction of sp³-hybridized carbons (Fsp3) is 0.857. The first kappa shape index (κ1) is 17.8. The number of rotatable bonds is 3. The molecule has 1 saturated carbocycles. The molecule has 1 aliphatic rings. The minimum absolute atomic E-state index is 0.355. The van der Waals surface area contributed by atoms with Gasteiger partial charge in [-0.05, 0) is 33.6 Å². The van der Waals surface area contributed by atoms with E-state index in [2.05, 4.69) is 5.32 Å². The van der Waals surface area contributed by atoms with Gasteiger partial charge in [-0.1, -0.05) is 19.3 Å². The number of alkyl carbamates (subject to hydrolysis) is 1. The van der Waals surface area contributed by atoms with Gasteiger partial charge in [-0.2, -0.15) is 13.2 Å². The third kappa shape index (κ3) is 5.93. The lowest BCUT2D eigenvalue weighted by Crippen LogP contribution is -2.53. The third-order valence-corrected chi connectivity index (χ3v) is 3.39. The first-order valence-corrected chi connectivity index (χ1v) is 7.05. The Morgan fingerprint density at radius 3 is 2.05 bits per heavy atom. The molecule has 0 aromatic heterocycles. The summed E-state index contributed by atoms with van der Waals surface area (Å²) in [6.45, 7) is 5.00. The highest BCUT2D eigenvalue weighted by Crippen LogP contribution is 2.34. The van der Waals surface area contributed by atoms with Crippen LogP contribution in [-0.2, 0) is 9.53 Å². The summed E-state index contributed by atoms with van der Waals surface area (Å²) in [5.41, 5.74) is -1.89. The van der Waals surface area contributed by atoms with Crippen molar-refractivity contribution in [1.82, 2.24) is 5.32 Å². The number of ether oxygens (including phenoxy) is 1. The van der Waals surface area contributed by atoms with Crippen LogP contribution in [0.2, 0.25) is 0 Å². The van der Waals surface area contributed by atoms with E-state index in [0.29, 0.717) is 25.7 Å². The number of amides is 1. The maximum Gasteiger partial charge on any atom is 0.450 e. The molecule has 0 radical (unpaired) electrons. The summed E-state index contributed by atoms with van der Waals surface area (Å²) < 4.78 is 42.6. The van der Waals surface area contributed by atoms with Crippen molar-refractivity contribution in [2.75, 3.05) is 0 Å². The van der Waals surface area contributed by atoms with Gasteiger partial charge < -0.3 is 10.1 Å². The Morgan fingerprint density at radius 2 is 1.62 bits per heavy atom. The Morgan fingerprint density at radius 1 is 1.10 bits per heavy atom. The first-order valence-electron chi connectivity index (χ1n) is 7.05. The summed E-state index contributed by atoms with van der Waals surface area (Å²) in [5.74, 6) is -1.81. The van der Waals surface area contributed by atoms with Crippen molar-refractivity contribution in [1.29, 1.82) is 0 Å². The van der Waals surface area contributed by atoms with E-state index in [1.807, 2.05) is 0 Å². The Hall–Kier alpha value is -1.27. The van der Waals surface area contributed by atoms with Crippen LogP contribution in [0.5, 0.6) is 0 Å². The molecule has 0 saturated heterocycles. The lowest BCUT2D eigenvalue weighted by Gasteiger charge is -2.38. The van der Waals surface area contributed by atoms with Crippen LogP contribution in [0.15, 0.2) is 0 Å². The van der Waals surface area contributed by atoms with Crippen LogP contribution in [0, 0.1) is 0 Å². The summed E-state index contributed by atoms with van der Waals surface area (Å²) in [6.07, 6.45) is -3.42. The molecule has 1 fully saturated rings. The summed E-state index contributed by atoms with van der Waals surface area (Å²) >= 11 is 0. The Labute approximate surface area is 122 Å². The van der Waals surface area contributed by atoms with Crippen LogP contribution < -0.4 is 5.32 Å². The summed E-state index contributed by atoms with van der Waals surface area (Å²) in [7, 11) is 0. The van der Waals surface area contributed by atoms with Crippen molar-refractivity contribution >= 4 is 11.9 Å². The van der Waals surface area contributed by atoms with Crippen LogP contribution in [0.25, 0.3) is 0 Å². The minimum Gasteiger partial charge on any atom is -0.444 e. The lowest BCUT2D eigenvalue weighted by molar-refractivity contribution is -0.173. The molecule has 1 aliphatic carbocycles. The zero-order valence-corrected chi connectivity index (χ0v) is 12.6. The van der Waals surface area contributed by atoms with E-state index < -0.39 is 35.6 Å². The number of halogens is 3. The van der Waals surface area contributed by atoms with E-state index in [-0.39, 0.29) is 0 Å². The van der Waals surface area contributed by atoms with Crippen molar-refractivity contribution in [3.8, 4) is 0 Å². The average Bonchev–Trinajstić information content (AvgIpc) is 2.25. The van der Waals surface area contributed by atoms with Gasteiger partial charge in [-0.25, -0.2) is 4.79 Å². The predicted molar refractivity (Wildman–Crippen MR) is 70.9 cm³/mol. The van der Waals surface area contributed by atoms with Crippen LogP contribution in [-0.4, -0.2) is 29.2 Å². The van der Waals surface area contributed by atoms with E-state index >= 15 is 0 Å². The molecule has 1 N–H and O–H groups in total. The molecular formula is C14H22F3NO3. The topological polar surface area (TPSA) is 55.4 Å². The fourth-order valence-corrected chi connectivity index (χ4v) is 2.50. The Kier molecular flexibility index (Phi) is 5.28. The number of carbonyl (C=O) groups is 2. The van der Waals surface area contributed by atoms with Crippen molar-refractivity contribution in [3.05, 3.63) is 0 Å². The molecule has 122 valence electrons. The maximum absolute atomic E-state index is 12.5. The second-order valence-electron chi connectivity index (χ2n) is 6.57. The Balaban J connectivity index is 2.79. The van der Waals surface area contributed by atoms with Gasteiger partial charge in [-0.3, -0.25) is 4.79 Å². The monoisotopic (exact) mass is 309 g/mol. The summed E-state index contributed by atoms with van der Waals surface area (Å²) in [6, 6.07) is 0. The zero-order valence-electron chi connectivity index (χ0n) is 12.6. The quantitative estimate of drug-likeness (QED) is 0.864. The van der Waals surface area contributed by atoms with Gasteiger partial charge >= 0.3 is 12.3 Å². The molecule has 7 heteroatoms. The predicted octanol–water partition coefficient (Wildman–Crippen LogP) is 3.74. The largest absolute Gasteiger partial charge is 0.450 e. The molecule has 4 nitrogen and oxygen atoms in total. The molecule has 0 bridgehead atoms. The van der Waals surface area contributed by atoms with Crippen LogP contribution in [0.3, 0.4) is 0 Å². The molecule has 0 aromatic rings. The van der Waals surface area contributed by atoms with E-state index in [0.717, 1.165) is 6.42 Å². The molecule has 0 heterocycles. The molecule has 21 heavy (non-hydrogen) atoms. The van der Waals surface area contributed by atoms with Crippen LogP contribution in [0.4, 0.5) is 18.0 Å². The number of carbonyl (C=O) groups excluding carboxylic acids is 2. The number of nitrogens with one attached hydrogen (secondary N) is 1. The molecule has 0 spiro atoms. The fourth-order valence-electron chi connectivity index (χ4n) is 2.50. The highest BCUT2D eigenvalue weighted by Gasteiger charge is 2.45. The molecule has 1 rings (SSSR count). The second-order valence-corrected chi connectivity index (χ2v) is 6.57. The first-order chi connectivity index (χ1) is 9.44. The highest BCUT2D eigenvalue weighted by atomic mass is 19.4. The molecular weight excluding hydrogens is 287 g/mol. The summed E-state index contributed by atoms with van der Waals surface area (Å²) in [4.78, 5) is 23.1. The van der Waals surface area contributed by atoms with Gasteiger partial charge in [0.2, 0.25) is 5.78 Å². The molecule has 0 unspecified atom stereocenters. The lowest BCUT2D eigenvalue weighted by atomic mass is 9.78. The minimum atomic E-state index is -4.87. The number of Topliss-reactive ketones (excluding diaryl/α,β-unsaturated/α-hetero) is 1. The van der Waals surface area contributed by atoms with Gasteiger partial charge in [0.05, 0.1) is 5.54 Å². The zero-order chi connectivity index (χ0) is 16.3. The Bertz CT molecular complexity index is 393. The van der Waals surface area contributed by atoms with E-state index in [1.165, 1.54) is 0 Å². The average molecular weight is 309 g/mol. The smallest absolute Gasteiger partial charge is 0.444 e. The van der Waals surface area contributed by atoms with Crippen molar-refractivity contribution in [2.45, 2.75) is 76.6 Å². The molecule has 0 atom stereocenters. The highest BCUT2D eigenvalue weighted by molar-refractivity contribution is 5.85. The van der Waals surface area contributed by atoms with Crippen LogP contribution >= 0.6 is 0 Å². The second kappa shape index (κ2) is 6.23. The SMILES string of the molecule is CC(C)(C)OC(=O)NC1(CC(=O)C(F)(F)F)CCCCC1. The normalized spacial score (nSPS) is 19.0. The number of ketones is 1. The molecule has 1 amide bonds. The van der Waals surface area contributed by atoms with Crippen molar-refractivity contribution in [2.24, 2.45) is 0 Å². The third-order valence-electron chi connectivity index (χ3n) is 3.39. The molecule has 0 aliphatic heterocycles. The summed E-state index contributed by atoms with van der Waals surface area (Å²) in [5, 5.41) is 2.51. The van der Waals surface area contributed by atoms with E-state index in [4.69, 9.17) is 4.74 Å². The van der Waals surface area contributed by atoms with E-state index in [9.17, 15) is 22.8 Å². The van der Waals surface area contributed by atoms with Gasteiger partial charge in [-0.15, -0.1) is 0 Å². The van der Waals surface area contributed by atoms with Gasteiger partial charge in [0.1, 0.15) is 5.60 Å². The van der Waals surface area contributed by atoms with Crippen molar-refractivity contribution < 1.29 is 27.5 Å². The number of hydrogen-bond donors (Lipinski definition) is 1.